The van der Waals surface area contributed by atoms with Gasteiger partial charge in [0.1, 0.15) is 5.82 Å². The van der Waals surface area contributed by atoms with Crippen LogP contribution in [-0.2, 0) is 17.8 Å². The van der Waals surface area contributed by atoms with E-state index in [4.69, 9.17) is 11.6 Å². The van der Waals surface area contributed by atoms with Gasteiger partial charge in [0, 0.05) is 28.1 Å². The number of halogens is 2. The highest BCUT2D eigenvalue weighted by molar-refractivity contribution is 7.99. The minimum atomic E-state index is -0.529. The molecule has 0 fully saturated rings. The molecule has 1 amide bonds. The number of hydrogen-bond acceptors (Lipinski definition) is 5. The van der Waals surface area contributed by atoms with Crippen molar-refractivity contribution in [1.82, 2.24) is 14.8 Å². The van der Waals surface area contributed by atoms with Crippen LogP contribution in [0.25, 0.3) is 11.4 Å². The Kier molecular flexibility index (Phi) is 6.88. The summed E-state index contributed by atoms with van der Waals surface area (Å²) in [7, 11) is 0. The molecule has 0 atom stereocenters. The molecule has 3 rings (SSSR count). The third-order valence-corrected chi connectivity index (χ3v) is 6.16. The molecular formula is C19H18ClFN4OS2. The summed E-state index contributed by atoms with van der Waals surface area (Å²) < 4.78 is 15.1. The van der Waals surface area contributed by atoms with E-state index in [0.29, 0.717) is 17.4 Å². The second-order valence-corrected chi connectivity index (χ2v) is 8.17. The van der Waals surface area contributed by atoms with Crippen LogP contribution in [0.1, 0.15) is 11.8 Å². The smallest absolute Gasteiger partial charge is 0.234 e. The molecule has 9 heteroatoms. The number of allylic oxidation sites excluding steroid dienone is 1. The number of carbonyl (C=O) groups is 1. The normalized spacial score (nSPS) is 10.8. The molecule has 0 saturated heterocycles. The van der Waals surface area contributed by atoms with Crippen molar-refractivity contribution in [2.24, 2.45) is 0 Å². The average Bonchev–Trinajstić information content (AvgIpc) is 3.30. The Labute approximate surface area is 175 Å². The molecule has 28 heavy (non-hydrogen) atoms. The molecule has 0 aliphatic rings. The molecule has 1 N–H and O–H groups in total. The predicted molar refractivity (Wildman–Crippen MR) is 114 cm³/mol. The van der Waals surface area contributed by atoms with E-state index in [1.807, 2.05) is 4.57 Å². The maximum Gasteiger partial charge on any atom is 0.234 e. The van der Waals surface area contributed by atoms with Gasteiger partial charge in [-0.3, -0.25) is 9.36 Å². The number of benzene rings is 1. The zero-order chi connectivity index (χ0) is 20.1. The number of aromatic nitrogens is 3. The van der Waals surface area contributed by atoms with Gasteiger partial charge < -0.3 is 5.32 Å². The SMILES string of the molecule is C=CCn1c(SCC(=O)Nc2ccc(F)c(Cl)c2)nnc1-c1csc(CC)c1. The molecule has 5 nitrogen and oxygen atoms in total. The van der Waals surface area contributed by atoms with Crippen LogP contribution in [-0.4, -0.2) is 26.4 Å². The van der Waals surface area contributed by atoms with E-state index >= 15 is 0 Å². The summed E-state index contributed by atoms with van der Waals surface area (Å²) in [5.41, 5.74) is 1.45. The van der Waals surface area contributed by atoms with Gasteiger partial charge >= 0.3 is 0 Å². The van der Waals surface area contributed by atoms with Crippen molar-refractivity contribution in [3.63, 3.8) is 0 Å². The van der Waals surface area contributed by atoms with Gasteiger partial charge in [-0.05, 0) is 30.7 Å². The van der Waals surface area contributed by atoms with Crippen LogP contribution >= 0.6 is 34.7 Å². The number of hydrogen-bond donors (Lipinski definition) is 1. The number of thiophene rings is 1. The van der Waals surface area contributed by atoms with Gasteiger partial charge in [-0.2, -0.15) is 0 Å². The summed E-state index contributed by atoms with van der Waals surface area (Å²) in [5.74, 6) is 0.114. The molecule has 0 saturated carbocycles. The molecule has 2 aromatic heterocycles. The molecule has 0 bridgehead atoms. The Morgan fingerprint density at radius 3 is 2.93 bits per heavy atom. The van der Waals surface area contributed by atoms with Crippen molar-refractivity contribution < 1.29 is 9.18 Å². The lowest BCUT2D eigenvalue weighted by Gasteiger charge is -2.08. The molecule has 0 spiro atoms. The lowest BCUT2D eigenvalue weighted by Crippen LogP contribution is -2.14. The Morgan fingerprint density at radius 2 is 2.25 bits per heavy atom. The number of aryl methyl sites for hydroxylation is 1. The minimum Gasteiger partial charge on any atom is -0.325 e. The van der Waals surface area contributed by atoms with Crippen molar-refractivity contribution in [3.05, 3.63) is 58.0 Å². The second kappa shape index (κ2) is 9.36. The first-order chi connectivity index (χ1) is 13.5. The predicted octanol–water partition coefficient (Wildman–Crippen LogP) is 5.28. The summed E-state index contributed by atoms with van der Waals surface area (Å²) in [6.07, 6.45) is 2.74. The molecule has 0 aliphatic carbocycles. The van der Waals surface area contributed by atoms with Gasteiger partial charge in [-0.15, -0.1) is 28.1 Å². The Balaban J connectivity index is 1.70. The lowest BCUT2D eigenvalue weighted by atomic mass is 10.2. The monoisotopic (exact) mass is 436 g/mol. The zero-order valence-electron chi connectivity index (χ0n) is 15.1. The molecular weight excluding hydrogens is 419 g/mol. The van der Waals surface area contributed by atoms with Gasteiger partial charge in [-0.1, -0.05) is 36.4 Å². The van der Waals surface area contributed by atoms with Crippen LogP contribution in [0.2, 0.25) is 5.02 Å². The molecule has 2 heterocycles. The van der Waals surface area contributed by atoms with Crippen LogP contribution < -0.4 is 5.32 Å². The van der Waals surface area contributed by atoms with Crippen molar-refractivity contribution in [2.45, 2.75) is 25.0 Å². The van der Waals surface area contributed by atoms with E-state index in [2.05, 4.69) is 40.5 Å². The second-order valence-electron chi connectivity index (χ2n) is 5.83. The first-order valence-electron chi connectivity index (χ1n) is 8.51. The number of carbonyl (C=O) groups excluding carboxylic acids is 1. The van der Waals surface area contributed by atoms with Crippen molar-refractivity contribution in [1.29, 1.82) is 0 Å². The van der Waals surface area contributed by atoms with E-state index < -0.39 is 5.82 Å². The number of nitrogens with one attached hydrogen (secondary N) is 1. The number of anilines is 1. The van der Waals surface area contributed by atoms with Gasteiger partial charge in [0.25, 0.3) is 0 Å². The number of thioether (sulfide) groups is 1. The third-order valence-electron chi connectivity index (χ3n) is 3.82. The summed E-state index contributed by atoms with van der Waals surface area (Å²) in [6, 6.07) is 6.15. The fourth-order valence-corrected chi connectivity index (χ4v) is 4.23. The maximum atomic E-state index is 13.2. The van der Waals surface area contributed by atoms with E-state index in [1.165, 1.54) is 34.8 Å². The fraction of sp³-hybridized carbons (Fsp3) is 0.211. The minimum absolute atomic E-state index is 0.0389. The fourth-order valence-electron chi connectivity index (χ4n) is 2.49. The van der Waals surface area contributed by atoms with E-state index in [-0.39, 0.29) is 16.7 Å². The topological polar surface area (TPSA) is 59.8 Å². The molecule has 1 aromatic carbocycles. The van der Waals surface area contributed by atoms with Gasteiger partial charge in [0.05, 0.1) is 10.8 Å². The molecule has 3 aromatic rings. The summed E-state index contributed by atoms with van der Waals surface area (Å²) in [4.78, 5) is 13.5. The van der Waals surface area contributed by atoms with Crippen LogP contribution in [0, 0.1) is 5.82 Å². The first-order valence-corrected chi connectivity index (χ1v) is 10.8. The van der Waals surface area contributed by atoms with Crippen molar-refractivity contribution >= 4 is 46.3 Å². The van der Waals surface area contributed by atoms with Crippen LogP contribution in [0.3, 0.4) is 0 Å². The average molecular weight is 437 g/mol. The third kappa shape index (κ3) is 4.81. The van der Waals surface area contributed by atoms with Crippen LogP contribution in [0.5, 0.6) is 0 Å². The standard InChI is InChI=1S/C19H18ClFN4OS2/c1-3-7-25-18(12-8-14(4-2)27-10-12)23-24-19(25)28-11-17(26)22-13-5-6-16(21)15(20)9-13/h3,5-6,8-10H,1,4,7,11H2,2H3,(H,22,26). The Bertz CT molecular complexity index is 1000. The summed E-state index contributed by atoms with van der Waals surface area (Å²) >= 11 is 8.70. The van der Waals surface area contributed by atoms with Gasteiger partial charge in [-0.25, -0.2) is 4.39 Å². The lowest BCUT2D eigenvalue weighted by molar-refractivity contribution is -0.113. The largest absolute Gasteiger partial charge is 0.325 e. The van der Waals surface area contributed by atoms with Crippen LogP contribution in [0.15, 0.2) is 47.5 Å². The Morgan fingerprint density at radius 1 is 1.43 bits per heavy atom. The Hall–Kier alpha value is -2.16. The van der Waals surface area contributed by atoms with E-state index in [9.17, 15) is 9.18 Å². The first kappa shape index (κ1) is 20.6. The van der Waals surface area contributed by atoms with E-state index in [0.717, 1.165) is 17.8 Å². The highest BCUT2D eigenvalue weighted by Gasteiger charge is 2.16. The quantitative estimate of drug-likeness (QED) is 0.385. The zero-order valence-corrected chi connectivity index (χ0v) is 17.5. The molecule has 0 radical (unpaired) electrons. The van der Waals surface area contributed by atoms with Gasteiger partial charge in [0.2, 0.25) is 5.91 Å². The van der Waals surface area contributed by atoms with Crippen molar-refractivity contribution in [2.75, 3.05) is 11.1 Å². The maximum absolute atomic E-state index is 13.2. The molecule has 146 valence electrons. The molecule has 0 aliphatic heterocycles. The van der Waals surface area contributed by atoms with Crippen LogP contribution in [0.4, 0.5) is 10.1 Å². The molecule has 0 unspecified atom stereocenters. The van der Waals surface area contributed by atoms with Gasteiger partial charge in [0.15, 0.2) is 11.0 Å². The number of rotatable bonds is 8. The highest BCUT2D eigenvalue weighted by atomic mass is 35.5. The number of amides is 1. The summed E-state index contributed by atoms with van der Waals surface area (Å²) in [5, 5.41) is 13.9. The van der Waals surface area contributed by atoms with Crippen molar-refractivity contribution in [3.8, 4) is 11.4 Å². The van der Waals surface area contributed by atoms with E-state index in [1.54, 1.807) is 17.4 Å². The summed E-state index contributed by atoms with van der Waals surface area (Å²) in [6.45, 7) is 6.44. The highest BCUT2D eigenvalue weighted by Crippen LogP contribution is 2.28. The number of nitrogens with zero attached hydrogens (tertiary/aromatic N) is 3.